The van der Waals surface area contributed by atoms with Crippen LogP contribution in [0.15, 0.2) is 59.8 Å². The van der Waals surface area contributed by atoms with Gasteiger partial charge in [0.2, 0.25) is 5.91 Å². The van der Waals surface area contributed by atoms with Crippen LogP contribution in [-0.4, -0.2) is 39.9 Å². The highest BCUT2D eigenvalue weighted by Gasteiger charge is 2.18. The Bertz CT molecular complexity index is 1260. The number of benzene rings is 2. The van der Waals surface area contributed by atoms with E-state index in [-0.39, 0.29) is 18.2 Å². The molecule has 4 aromatic rings. The number of nitriles is 1. The van der Waals surface area contributed by atoms with Crippen molar-refractivity contribution in [2.24, 2.45) is 0 Å². The van der Waals surface area contributed by atoms with Crippen molar-refractivity contribution < 1.29 is 9.53 Å². The predicted octanol–water partition coefficient (Wildman–Crippen LogP) is 3.85. The predicted molar refractivity (Wildman–Crippen MR) is 117 cm³/mol. The summed E-state index contributed by atoms with van der Waals surface area (Å²) in [6.45, 7) is 2.02. The van der Waals surface area contributed by atoms with Crippen LogP contribution >= 0.6 is 11.8 Å². The number of para-hydroxylation sites is 1. The van der Waals surface area contributed by atoms with Crippen molar-refractivity contribution in [3.05, 3.63) is 60.2 Å². The van der Waals surface area contributed by atoms with E-state index >= 15 is 0 Å². The Balaban J connectivity index is 1.66. The fourth-order valence-corrected chi connectivity index (χ4v) is 4.16. The van der Waals surface area contributed by atoms with Crippen LogP contribution < -0.4 is 9.64 Å². The van der Waals surface area contributed by atoms with Gasteiger partial charge in [-0.15, -0.1) is 10.2 Å². The number of ether oxygens (including phenoxy) is 1. The molecule has 0 saturated carbocycles. The van der Waals surface area contributed by atoms with Crippen LogP contribution in [-0.2, 0) is 4.79 Å². The number of rotatable bonds is 6. The molecular weight excluding hydrogens is 398 g/mol. The first-order chi connectivity index (χ1) is 14.6. The summed E-state index contributed by atoms with van der Waals surface area (Å²) >= 11 is 1.30. The maximum absolute atomic E-state index is 12.9. The summed E-state index contributed by atoms with van der Waals surface area (Å²) in [5.74, 6) is 0.703. The number of pyridine rings is 1. The van der Waals surface area contributed by atoms with E-state index in [4.69, 9.17) is 10.00 Å². The minimum Gasteiger partial charge on any atom is -0.497 e. The molecule has 0 fully saturated rings. The molecule has 4 rings (SSSR count). The molecule has 0 spiro atoms. The van der Waals surface area contributed by atoms with Crippen LogP contribution in [0.1, 0.15) is 5.56 Å². The van der Waals surface area contributed by atoms with Gasteiger partial charge in [0.25, 0.3) is 0 Å². The first-order valence-corrected chi connectivity index (χ1v) is 10.3. The summed E-state index contributed by atoms with van der Waals surface area (Å²) in [5.41, 5.74) is 3.41. The standard InChI is InChI=1S/C22H19N5O2S/c1-15-12-20-24-25-22(27(20)19-13-17(29-2)8-9-18(15)19)30-14-21(28)26(11-10-23)16-6-4-3-5-7-16/h3-9,12-13H,11,14H2,1-2H3. The first kappa shape index (κ1) is 19.7. The Labute approximate surface area is 177 Å². The molecule has 0 bridgehead atoms. The van der Waals surface area contributed by atoms with E-state index in [1.54, 1.807) is 7.11 Å². The van der Waals surface area contributed by atoms with Gasteiger partial charge in [-0.1, -0.05) is 30.0 Å². The lowest BCUT2D eigenvalue weighted by molar-refractivity contribution is -0.116. The third-order valence-electron chi connectivity index (χ3n) is 4.80. The highest BCUT2D eigenvalue weighted by Crippen LogP contribution is 2.29. The van der Waals surface area contributed by atoms with Crippen LogP contribution in [0.4, 0.5) is 5.69 Å². The second-order valence-corrected chi connectivity index (χ2v) is 7.59. The van der Waals surface area contributed by atoms with Crippen molar-refractivity contribution in [2.45, 2.75) is 12.1 Å². The van der Waals surface area contributed by atoms with Crippen molar-refractivity contribution in [2.75, 3.05) is 24.3 Å². The highest BCUT2D eigenvalue weighted by atomic mass is 32.2. The third kappa shape index (κ3) is 3.67. The molecule has 2 aromatic heterocycles. The molecule has 8 heteroatoms. The normalized spacial score (nSPS) is 10.8. The largest absolute Gasteiger partial charge is 0.497 e. The summed E-state index contributed by atoms with van der Waals surface area (Å²) in [4.78, 5) is 14.3. The molecule has 0 aliphatic heterocycles. The van der Waals surface area contributed by atoms with Gasteiger partial charge in [-0.05, 0) is 42.8 Å². The zero-order valence-corrected chi connectivity index (χ0v) is 17.4. The van der Waals surface area contributed by atoms with Gasteiger partial charge in [0.15, 0.2) is 10.8 Å². The maximum atomic E-state index is 12.9. The first-order valence-electron chi connectivity index (χ1n) is 9.30. The smallest absolute Gasteiger partial charge is 0.238 e. The van der Waals surface area contributed by atoms with Crippen molar-refractivity contribution in [1.29, 1.82) is 5.26 Å². The lowest BCUT2D eigenvalue weighted by Gasteiger charge is -2.19. The van der Waals surface area contributed by atoms with Gasteiger partial charge in [0.1, 0.15) is 12.3 Å². The number of methoxy groups -OCH3 is 1. The number of aryl methyl sites for hydroxylation is 1. The fourth-order valence-electron chi connectivity index (χ4n) is 3.33. The van der Waals surface area contributed by atoms with Crippen molar-refractivity contribution in [3.8, 4) is 11.8 Å². The lowest BCUT2D eigenvalue weighted by Crippen LogP contribution is -2.32. The van der Waals surface area contributed by atoms with Gasteiger partial charge in [-0.2, -0.15) is 5.26 Å². The second-order valence-electron chi connectivity index (χ2n) is 6.65. The number of hydrogen-bond donors (Lipinski definition) is 0. The summed E-state index contributed by atoms with van der Waals surface area (Å²) in [6.07, 6.45) is 0. The maximum Gasteiger partial charge on any atom is 0.238 e. The quantitative estimate of drug-likeness (QED) is 0.350. The SMILES string of the molecule is COc1ccc2c(C)cc3nnc(SCC(=O)N(CC#N)c4ccccc4)n3c2c1. The molecule has 0 N–H and O–H groups in total. The van der Waals surface area contributed by atoms with Gasteiger partial charge >= 0.3 is 0 Å². The molecule has 0 aliphatic rings. The molecule has 7 nitrogen and oxygen atoms in total. The van der Waals surface area contributed by atoms with Gasteiger partial charge in [-0.25, -0.2) is 0 Å². The third-order valence-corrected chi connectivity index (χ3v) is 5.71. The van der Waals surface area contributed by atoms with Crippen molar-refractivity contribution in [1.82, 2.24) is 14.6 Å². The molecular formula is C22H19N5O2S. The van der Waals surface area contributed by atoms with Crippen LogP contribution in [0, 0.1) is 18.3 Å². The number of carbonyl (C=O) groups is 1. The van der Waals surface area contributed by atoms with E-state index in [0.717, 1.165) is 22.2 Å². The van der Waals surface area contributed by atoms with Crippen LogP contribution in [0.3, 0.4) is 0 Å². The Kier molecular flexibility index (Phi) is 5.55. The number of hydrogen-bond acceptors (Lipinski definition) is 6. The summed E-state index contributed by atoms with van der Waals surface area (Å²) < 4.78 is 7.31. The van der Waals surface area contributed by atoms with E-state index < -0.39 is 0 Å². The van der Waals surface area contributed by atoms with Gasteiger partial charge < -0.3 is 4.74 Å². The van der Waals surface area contributed by atoms with Crippen molar-refractivity contribution >= 4 is 39.9 Å². The molecule has 2 heterocycles. The van der Waals surface area contributed by atoms with Crippen molar-refractivity contribution in [3.63, 3.8) is 0 Å². The molecule has 1 amide bonds. The number of anilines is 1. The highest BCUT2D eigenvalue weighted by molar-refractivity contribution is 7.99. The molecule has 0 saturated heterocycles. The number of aromatic nitrogens is 3. The van der Waals surface area contributed by atoms with E-state index in [0.29, 0.717) is 16.5 Å². The van der Waals surface area contributed by atoms with Crippen LogP contribution in [0.25, 0.3) is 16.6 Å². The molecule has 30 heavy (non-hydrogen) atoms. The van der Waals surface area contributed by atoms with Crippen LogP contribution in [0.2, 0.25) is 0 Å². The van der Waals surface area contributed by atoms with Gasteiger partial charge in [-0.3, -0.25) is 14.1 Å². The number of fused-ring (bicyclic) bond motifs is 3. The lowest BCUT2D eigenvalue weighted by atomic mass is 10.1. The van der Waals surface area contributed by atoms with E-state index in [9.17, 15) is 4.79 Å². The molecule has 0 radical (unpaired) electrons. The number of amides is 1. The summed E-state index contributed by atoms with van der Waals surface area (Å²) in [6, 6.07) is 19.1. The minimum atomic E-state index is -0.168. The van der Waals surface area contributed by atoms with Gasteiger partial charge in [0.05, 0.1) is 24.4 Å². The zero-order valence-electron chi connectivity index (χ0n) is 16.6. The Hall–Kier alpha value is -3.57. The summed E-state index contributed by atoms with van der Waals surface area (Å²) in [5, 5.41) is 19.4. The Morgan fingerprint density at radius 3 is 2.73 bits per heavy atom. The molecule has 0 atom stereocenters. The molecule has 150 valence electrons. The topological polar surface area (TPSA) is 83.5 Å². The molecule has 0 unspecified atom stereocenters. The van der Waals surface area contributed by atoms with E-state index in [1.807, 2.05) is 65.9 Å². The molecule has 0 aliphatic carbocycles. The van der Waals surface area contributed by atoms with E-state index in [1.165, 1.54) is 16.7 Å². The second kappa shape index (κ2) is 8.43. The minimum absolute atomic E-state index is 0.0106. The zero-order chi connectivity index (χ0) is 21.1. The average Bonchev–Trinajstić information content (AvgIpc) is 3.19. The fraction of sp³-hybridized carbons (Fsp3) is 0.182. The number of carbonyl (C=O) groups excluding carboxylic acids is 1. The Morgan fingerprint density at radius 1 is 1.20 bits per heavy atom. The van der Waals surface area contributed by atoms with E-state index in [2.05, 4.69) is 16.3 Å². The van der Waals surface area contributed by atoms with Gasteiger partial charge in [0, 0.05) is 17.1 Å². The molecule has 2 aromatic carbocycles. The number of thioether (sulfide) groups is 1. The summed E-state index contributed by atoms with van der Waals surface area (Å²) in [7, 11) is 1.63. The monoisotopic (exact) mass is 417 g/mol. The number of nitrogens with zero attached hydrogens (tertiary/aromatic N) is 5. The van der Waals surface area contributed by atoms with Crippen LogP contribution in [0.5, 0.6) is 5.75 Å². The average molecular weight is 417 g/mol. The Morgan fingerprint density at radius 2 is 2.00 bits per heavy atom.